The summed E-state index contributed by atoms with van der Waals surface area (Å²) >= 11 is 1.80. The molecule has 178 valence electrons. The summed E-state index contributed by atoms with van der Waals surface area (Å²) in [6, 6.07) is 22.4. The van der Waals surface area contributed by atoms with Crippen molar-refractivity contribution >= 4 is 17.5 Å². The second-order valence-corrected chi connectivity index (χ2v) is 9.05. The molecule has 2 heterocycles. The van der Waals surface area contributed by atoms with Crippen LogP contribution in [0.15, 0.2) is 77.7 Å². The average molecular weight is 490 g/mol. The number of hydrogen-bond acceptors (Lipinski definition) is 9. The predicted octanol–water partition coefficient (Wildman–Crippen LogP) is 3.57. The molecule has 1 aromatic heterocycles. The molecule has 4 aromatic rings. The Bertz CT molecular complexity index is 1290. The molecule has 9 nitrogen and oxygen atoms in total. The Hall–Kier alpha value is -3.89. The van der Waals surface area contributed by atoms with Gasteiger partial charge in [-0.3, -0.25) is 10.5 Å². The molecule has 5 rings (SSSR count). The zero-order valence-electron chi connectivity index (χ0n) is 18.7. The number of ketones is 1. The molecule has 3 N–H and O–H groups in total. The minimum Gasteiger partial charge on any atom is -0.494 e. The van der Waals surface area contributed by atoms with Crippen molar-refractivity contribution in [2.45, 2.75) is 17.0 Å². The molecule has 1 atom stereocenters. The van der Waals surface area contributed by atoms with E-state index in [1.54, 1.807) is 54.2 Å². The van der Waals surface area contributed by atoms with Crippen molar-refractivity contribution in [3.05, 3.63) is 89.7 Å². The summed E-state index contributed by atoms with van der Waals surface area (Å²) in [5.74, 6) is 2.33. The van der Waals surface area contributed by atoms with E-state index in [9.17, 15) is 4.79 Å². The fourth-order valence-electron chi connectivity index (χ4n) is 3.58. The lowest BCUT2D eigenvalue weighted by molar-refractivity contribution is -0.0154. The lowest BCUT2D eigenvalue weighted by Crippen LogP contribution is -2.51. The summed E-state index contributed by atoms with van der Waals surface area (Å²) in [6.45, 7) is 0.587. The van der Waals surface area contributed by atoms with Crippen molar-refractivity contribution in [3.63, 3.8) is 0 Å². The number of para-hydroxylation sites is 1. The number of hydrogen-bond donors (Lipinski definition) is 2. The van der Waals surface area contributed by atoms with Gasteiger partial charge in [0.25, 0.3) is 5.72 Å². The van der Waals surface area contributed by atoms with Gasteiger partial charge in [0, 0.05) is 16.2 Å². The highest BCUT2D eigenvalue weighted by Gasteiger charge is 2.41. The third-order valence-corrected chi connectivity index (χ3v) is 6.48. The number of rotatable bonds is 9. The zero-order valence-corrected chi connectivity index (χ0v) is 19.5. The quantitative estimate of drug-likeness (QED) is 0.206. The molecule has 35 heavy (non-hydrogen) atoms. The zero-order chi connectivity index (χ0) is 24.1. The minimum absolute atomic E-state index is 0.00952. The Balaban J connectivity index is 1.22. The Morgan fingerprint density at radius 3 is 2.69 bits per heavy atom. The van der Waals surface area contributed by atoms with Gasteiger partial charge in [0.1, 0.15) is 12.4 Å². The first-order valence-electron chi connectivity index (χ1n) is 11.1. The number of carbonyl (C=O) groups is 1. The van der Waals surface area contributed by atoms with Gasteiger partial charge >= 0.3 is 0 Å². The third-order valence-electron chi connectivity index (χ3n) is 5.38. The molecule has 0 fully saturated rings. The van der Waals surface area contributed by atoms with Crippen LogP contribution in [0.3, 0.4) is 0 Å². The first-order chi connectivity index (χ1) is 17.1. The predicted molar refractivity (Wildman–Crippen MR) is 130 cm³/mol. The molecule has 3 aromatic carbocycles. The van der Waals surface area contributed by atoms with E-state index in [1.165, 1.54) is 4.90 Å². The molecule has 0 aliphatic carbocycles. The topological polar surface area (TPSA) is 125 Å². The van der Waals surface area contributed by atoms with Gasteiger partial charge in [-0.05, 0) is 65.4 Å². The number of thioether (sulfide) groups is 1. The smallest absolute Gasteiger partial charge is 0.254 e. The van der Waals surface area contributed by atoms with Gasteiger partial charge in [0.05, 0.1) is 12.2 Å². The molecule has 0 radical (unpaired) electrons. The number of nitrogens with zero attached hydrogens (tertiary/aromatic N) is 3. The van der Waals surface area contributed by atoms with E-state index in [-0.39, 0.29) is 24.0 Å². The normalized spacial score (nSPS) is 16.6. The van der Waals surface area contributed by atoms with Gasteiger partial charge in [-0.1, -0.05) is 24.3 Å². The van der Waals surface area contributed by atoms with Crippen molar-refractivity contribution in [1.29, 1.82) is 0 Å². The number of tetrazole rings is 1. The van der Waals surface area contributed by atoms with Gasteiger partial charge in [0.2, 0.25) is 5.82 Å². The minimum atomic E-state index is -1.44. The van der Waals surface area contributed by atoms with E-state index in [0.29, 0.717) is 29.2 Å². The van der Waals surface area contributed by atoms with Crippen LogP contribution in [0.4, 0.5) is 0 Å². The van der Waals surface area contributed by atoms with E-state index < -0.39 is 5.72 Å². The van der Waals surface area contributed by atoms with Gasteiger partial charge in [-0.25, -0.2) is 5.10 Å². The van der Waals surface area contributed by atoms with Crippen LogP contribution in [-0.4, -0.2) is 45.4 Å². The van der Waals surface area contributed by atoms with Crippen LogP contribution < -0.4 is 19.9 Å². The number of ether oxygens (including phenoxy) is 3. The summed E-state index contributed by atoms with van der Waals surface area (Å²) < 4.78 is 17.6. The van der Waals surface area contributed by atoms with Crippen molar-refractivity contribution in [2.24, 2.45) is 5.73 Å². The van der Waals surface area contributed by atoms with Crippen LogP contribution in [0.25, 0.3) is 0 Å². The maximum Gasteiger partial charge on any atom is 0.254 e. The van der Waals surface area contributed by atoms with Crippen molar-refractivity contribution in [2.75, 3.05) is 19.0 Å². The Kier molecular flexibility index (Phi) is 6.64. The van der Waals surface area contributed by atoms with E-state index >= 15 is 0 Å². The molecular formula is C25H23N5O4S. The van der Waals surface area contributed by atoms with Crippen LogP contribution in [0.2, 0.25) is 0 Å². The van der Waals surface area contributed by atoms with Crippen molar-refractivity contribution in [1.82, 2.24) is 20.6 Å². The number of H-pyrrole nitrogens is 1. The van der Waals surface area contributed by atoms with Gasteiger partial charge in [-0.2, -0.15) is 0 Å². The molecule has 1 aliphatic heterocycles. The number of benzene rings is 3. The van der Waals surface area contributed by atoms with Crippen molar-refractivity contribution < 1.29 is 19.0 Å². The largest absolute Gasteiger partial charge is 0.494 e. The number of aromatic amines is 1. The van der Waals surface area contributed by atoms with Crippen molar-refractivity contribution in [3.8, 4) is 17.2 Å². The highest BCUT2D eigenvalue weighted by Crippen LogP contribution is 2.40. The highest BCUT2D eigenvalue weighted by molar-refractivity contribution is 7.99. The van der Waals surface area contributed by atoms with Gasteiger partial charge in [0.15, 0.2) is 17.3 Å². The second-order valence-electron chi connectivity index (χ2n) is 7.88. The number of fused-ring (bicyclic) bond motifs is 1. The Morgan fingerprint density at radius 2 is 1.91 bits per heavy atom. The molecule has 1 aliphatic rings. The van der Waals surface area contributed by atoms with E-state index in [4.69, 9.17) is 19.9 Å². The highest BCUT2D eigenvalue weighted by atomic mass is 32.2. The average Bonchev–Trinajstić information content (AvgIpc) is 3.45. The maximum absolute atomic E-state index is 13.3. The molecular weight excluding hydrogens is 466 g/mol. The Morgan fingerprint density at radius 1 is 1.09 bits per heavy atom. The standard InChI is InChI=1S/C25H23N5O4S/c26-25(24-27-29-30-28-24)16-33-21-9-4-8-20(23(21)34-25)22(31)17-10-12-18(13-11-17)32-14-5-15-35-19-6-2-1-3-7-19/h1-4,6-13H,5,14-16,26H2,(H,27,28,29,30). The number of nitrogens with two attached hydrogens (primary N) is 1. The summed E-state index contributed by atoms with van der Waals surface area (Å²) in [4.78, 5) is 14.5. The van der Waals surface area contributed by atoms with Crippen LogP contribution in [0, 0.1) is 0 Å². The SMILES string of the molecule is NC1(c2nnn[nH]2)COc2cccc(C(=O)c3ccc(OCCCSc4ccccc4)cc3)c2O1. The second kappa shape index (κ2) is 10.2. The molecule has 0 amide bonds. The van der Waals surface area contributed by atoms with Crippen LogP contribution >= 0.6 is 11.8 Å². The Labute approximate surface area is 206 Å². The number of carbonyl (C=O) groups excluding carboxylic acids is 1. The van der Waals surface area contributed by atoms with Crippen LogP contribution in [0.1, 0.15) is 28.2 Å². The van der Waals surface area contributed by atoms with Gasteiger partial charge < -0.3 is 14.2 Å². The fraction of sp³-hybridized carbons (Fsp3) is 0.200. The summed E-state index contributed by atoms with van der Waals surface area (Å²) in [5.41, 5.74) is 5.70. The van der Waals surface area contributed by atoms with E-state index in [0.717, 1.165) is 12.2 Å². The third kappa shape index (κ3) is 5.13. The van der Waals surface area contributed by atoms with Gasteiger partial charge in [-0.15, -0.1) is 16.9 Å². The fourth-order valence-corrected chi connectivity index (χ4v) is 4.43. The lowest BCUT2D eigenvalue weighted by Gasteiger charge is -2.33. The lowest BCUT2D eigenvalue weighted by atomic mass is 10.0. The number of nitrogens with one attached hydrogen (secondary N) is 1. The first kappa shape index (κ1) is 22.9. The summed E-state index contributed by atoms with van der Waals surface area (Å²) in [6.07, 6.45) is 0.912. The molecule has 0 spiro atoms. The molecule has 0 saturated heterocycles. The maximum atomic E-state index is 13.3. The van der Waals surface area contributed by atoms with Crippen LogP contribution in [-0.2, 0) is 5.72 Å². The monoisotopic (exact) mass is 489 g/mol. The molecule has 10 heteroatoms. The summed E-state index contributed by atoms with van der Waals surface area (Å²) in [5, 5.41) is 13.5. The molecule has 0 saturated carbocycles. The van der Waals surface area contributed by atoms with E-state index in [1.807, 2.05) is 18.2 Å². The molecule has 1 unspecified atom stereocenters. The first-order valence-corrected chi connectivity index (χ1v) is 12.0. The number of aromatic nitrogens is 4. The van der Waals surface area contributed by atoms with Crippen LogP contribution in [0.5, 0.6) is 17.2 Å². The van der Waals surface area contributed by atoms with E-state index in [2.05, 4.69) is 32.8 Å². The summed E-state index contributed by atoms with van der Waals surface area (Å²) in [7, 11) is 0. The molecule has 0 bridgehead atoms.